The summed E-state index contributed by atoms with van der Waals surface area (Å²) in [7, 11) is 0. The van der Waals surface area contributed by atoms with Gasteiger partial charge in [-0.25, -0.2) is 8.78 Å². The van der Waals surface area contributed by atoms with Crippen LogP contribution in [0.4, 0.5) is 14.5 Å². The molecule has 5 heteroatoms. The predicted octanol–water partition coefficient (Wildman–Crippen LogP) is 3.85. The lowest BCUT2D eigenvalue weighted by Crippen LogP contribution is -1.96. The molecule has 0 heterocycles. The second-order valence-electron chi connectivity index (χ2n) is 3.87. The maximum atomic E-state index is 13.6. The van der Waals surface area contributed by atoms with E-state index in [4.69, 9.17) is 0 Å². The Balaban J connectivity index is 2.75. The van der Waals surface area contributed by atoms with E-state index in [0.29, 0.717) is 5.56 Å². The molecule has 0 atom stereocenters. The molecule has 2 rings (SSSR count). The van der Waals surface area contributed by atoms with Gasteiger partial charge in [0.25, 0.3) is 5.69 Å². The van der Waals surface area contributed by atoms with Crippen LogP contribution in [0.25, 0.3) is 11.1 Å². The Morgan fingerprint density at radius 1 is 1.11 bits per heavy atom. The summed E-state index contributed by atoms with van der Waals surface area (Å²) in [6.45, 7) is 1.68. The number of rotatable bonds is 2. The highest BCUT2D eigenvalue weighted by molar-refractivity contribution is 5.74. The van der Waals surface area contributed by atoms with Gasteiger partial charge >= 0.3 is 0 Å². The SMILES string of the molecule is Cc1ccc(-c2c(F)cccc2F)c([N+](=O)[O-])c1. The largest absolute Gasteiger partial charge is 0.277 e. The summed E-state index contributed by atoms with van der Waals surface area (Å²) < 4.78 is 27.2. The third-order valence-electron chi connectivity index (χ3n) is 2.58. The number of nitro benzene ring substituents is 1. The van der Waals surface area contributed by atoms with E-state index in [-0.39, 0.29) is 16.8 Å². The highest BCUT2D eigenvalue weighted by Crippen LogP contribution is 2.34. The Morgan fingerprint density at radius 2 is 1.72 bits per heavy atom. The van der Waals surface area contributed by atoms with Gasteiger partial charge in [0.05, 0.1) is 16.1 Å². The summed E-state index contributed by atoms with van der Waals surface area (Å²) in [5.41, 5.74) is -0.0772. The van der Waals surface area contributed by atoms with Crippen molar-refractivity contribution in [1.82, 2.24) is 0 Å². The van der Waals surface area contributed by atoms with Gasteiger partial charge < -0.3 is 0 Å². The molecule has 0 radical (unpaired) electrons. The van der Waals surface area contributed by atoms with Crippen molar-refractivity contribution in [3.63, 3.8) is 0 Å². The Bertz CT molecular complexity index is 606. The molecule has 0 fully saturated rings. The summed E-state index contributed by atoms with van der Waals surface area (Å²) >= 11 is 0. The average Bonchev–Trinajstić information content (AvgIpc) is 2.30. The van der Waals surface area contributed by atoms with Crippen molar-refractivity contribution in [2.45, 2.75) is 6.92 Å². The number of aryl methyl sites for hydroxylation is 1. The van der Waals surface area contributed by atoms with Gasteiger partial charge in [0, 0.05) is 6.07 Å². The van der Waals surface area contributed by atoms with Crippen molar-refractivity contribution in [2.24, 2.45) is 0 Å². The van der Waals surface area contributed by atoms with Gasteiger partial charge in [-0.1, -0.05) is 12.1 Å². The Kier molecular flexibility index (Phi) is 3.06. The lowest BCUT2D eigenvalue weighted by Gasteiger charge is -2.06. The van der Waals surface area contributed by atoms with E-state index in [1.165, 1.54) is 18.2 Å². The van der Waals surface area contributed by atoms with Crippen LogP contribution in [0.15, 0.2) is 36.4 Å². The molecule has 0 aliphatic carbocycles. The van der Waals surface area contributed by atoms with Gasteiger partial charge in [-0.2, -0.15) is 0 Å². The zero-order valence-corrected chi connectivity index (χ0v) is 9.48. The number of halogens is 2. The van der Waals surface area contributed by atoms with E-state index in [1.807, 2.05) is 0 Å². The summed E-state index contributed by atoms with van der Waals surface area (Å²) in [5, 5.41) is 10.9. The minimum atomic E-state index is -0.818. The van der Waals surface area contributed by atoms with E-state index in [1.54, 1.807) is 13.0 Å². The zero-order valence-electron chi connectivity index (χ0n) is 9.48. The fourth-order valence-electron chi connectivity index (χ4n) is 1.76. The molecule has 3 nitrogen and oxygen atoms in total. The second-order valence-corrected chi connectivity index (χ2v) is 3.87. The molecule has 2 aromatic carbocycles. The second kappa shape index (κ2) is 4.52. The molecule has 0 aromatic heterocycles. The predicted molar refractivity (Wildman–Crippen MR) is 63.2 cm³/mol. The molecule has 0 N–H and O–H groups in total. The molecule has 0 aliphatic heterocycles. The van der Waals surface area contributed by atoms with E-state index < -0.39 is 16.6 Å². The third-order valence-corrected chi connectivity index (χ3v) is 2.58. The molecule has 0 bridgehead atoms. The Labute approximate surface area is 102 Å². The van der Waals surface area contributed by atoms with Gasteiger partial charge in [0.15, 0.2) is 0 Å². The first-order chi connectivity index (χ1) is 8.50. The molecular weight excluding hydrogens is 240 g/mol. The number of hydrogen-bond acceptors (Lipinski definition) is 2. The van der Waals surface area contributed by atoms with Crippen LogP contribution < -0.4 is 0 Å². The van der Waals surface area contributed by atoms with Crippen molar-refractivity contribution < 1.29 is 13.7 Å². The van der Waals surface area contributed by atoms with Crippen LogP contribution >= 0.6 is 0 Å². The minimum Gasteiger partial charge on any atom is -0.258 e. The number of hydrogen-bond donors (Lipinski definition) is 0. The molecule has 0 aliphatic rings. The van der Waals surface area contributed by atoms with Crippen molar-refractivity contribution >= 4 is 5.69 Å². The Morgan fingerprint density at radius 3 is 2.28 bits per heavy atom. The van der Waals surface area contributed by atoms with Crippen LogP contribution in [0.5, 0.6) is 0 Å². The molecule has 92 valence electrons. The molecule has 0 amide bonds. The third kappa shape index (κ3) is 2.07. The highest BCUT2D eigenvalue weighted by atomic mass is 19.1. The van der Waals surface area contributed by atoms with Gasteiger partial charge in [0.1, 0.15) is 11.6 Å². The summed E-state index contributed by atoms with van der Waals surface area (Å²) in [6, 6.07) is 7.59. The van der Waals surface area contributed by atoms with Gasteiger partial charge in [-0.05, 0) is 30.7 Å². The van der Waals surface area contributed by atoms with Crippen LogP contribution in [0.1, 0.15) is 5.56 Å². The first-order valence-corrected chi connectivity index (χ1v) is 5.20. The molecule has 2 aromatic rings. The van der Waals surface area contributed by atoms with Crippen LogP contribution in [0.3, 0.4) is 0 Å². The first-order valence-electron chi connectivity index (χ1n) is 5.20. The highest BCUT2D eigenvalue weighted by Gasteiger charge is 2.21. The van der Waals surface area contributed by atoms with Crippen molar-refractivity contribution in [3.05, 3.63) is 63.7 Å². The van der Waals surface area contributed by atoms with Gasteiger partial charge in [-0.3, -0.25) is 10.1 Å². The van der Waals surface area contributed by atoms with E-state index in [9.17, 15) is 18.9 Å². The topological polar surface area (TPSA) is 43.1 Å². The normalized spacial score (nSPS) is 10.4. The van der Waals surface area contributed by atoms with Crippen molar-refractivity contribution in [3.8, 4) is 11.1 Å². The van der Waals surface area contributed by atoms with Crippen LogP contribution in [0, 0.1) is 28.7 Å². The zero-order chi connectivity index (χ0) is 13.3. The van der Waals surface area contributed by atoms with Gasteiger partial charge in [-0.15, -0.1) is 0 Å². The number of nitrogens with zero attached hydrogens (tertiary/aromatic N) is 1. The summed E-state index contributed by atoms with van der Waals surface area (Å²) in [4.78, 5) is 10.3. The number of benzene rings is 2. The Hall–Kier alpha value is -2.30. The van der Waals surface area contributed by atoms with E-state index >= 15 is 0 Å². The fourth-order valence-corrected chi connectivity index (χ4v) is 1.76. The monoisotopic (exact) mass is 249 g/mol. The maximum absolute atomic E-state index is 13.6. The maximum Gasteiger partial charge on any atom is 0.277 e. The van der Waals surface area contributed by atoms with Crippen LogP contribution in [0.2, 0.25) is 0 Å². The average molecular weight is 249 g/mol. The molecular formula is C13H9F2NO2. The summed E-state index contributed by atoms with van der Waals surface area (Å²) in [5.74, 6) is -1.64. The molecule has 0 unspecified atom stereocenters. The molecule has 0 saturated heterocycles. The van der Waals surface area contributed by atoms with E-state index in [2.05, 4.69) is 0 Å². The van der Waals surface area contributed by atoms with Gasteiger partial charge in [0.2, 0.25) is 0 Å². The molecule has 0 saturated carbocycles. The minimum absolute atomic E-state index is 0.0544. The smallest absolute Gasteiger partial charge is 0.258 e. The lowest BCUT2D eigenvalue weighted by atomic mass is 10.0. The molecule has 18 heavy (non-hydrogen) atoms. The quantitative estimate of drug-likeness (QED) is 0.599. The standard InChI is InChI=1S/C13H9F2NO2/c1-8-5-6-9(12(7-8)16(17)18)13-10(14)3-2-4-11(13)15/h2-7H,1H3. The number of nitro groups is 1. The van der Waals surface area contributed by atoms with Crippen molar-refractivity contribution in [2.75, 3.05) is 0 Å². The lowest BCUT2D eigenvalue weighted by molar-refractivity contribution is -0.384. The molecule has 0 spiro atoms. The van der Waals surface area contributed by atoms with Crippen LogP contribution in [-0.2, 0) is 0 Å². The first kappa shape index (κ1) is 12.2. The summed E-state index contributed by atoms with van der Waals surface area (Å²) in [6.07, 6.45) is 0. The van der Waals surface area contributed by atoms with Crippen LogP contribution in [-0.4, -0.2) is 4.92 Å². The fraction of sp³-hybridized carbons (Fsp3) is 0.0769. The van der Waals surface area contributed by atoms with E-state index in [0.717, 1.165) is 12.1 Å². The van der Waals surface area contributed by atoms with Crippen molar-refractivity contribution in [1.29, 1.82) is 0 Å².